The summed E-state index contributed by atoms with van der Waals surface area (Å²) in [7, 11) is 4.51. The van der Waals surface area contributed by atoms with Crippen molar-refractivity contribution in [2.45, 2.75) is 38.4 Å². The summed E-state index contributed by atoms with van der Waals surface area (Å²) >= 11 is 1.83. The molecule has 0 bridgehead atoms. The molecule has 0 aliphatic carbocycles. The third-order valence-corrected chi connectivity index (χ3v) is 5.15. The van der Waals surface area contributed by atoms with E-state index in [1.165, 1.54) is 30.8 Å². The van der Waals surface area contributed by atoms with Gasteiger partial charge in [0.2, 0.25) is 0 Å². The molecule has 2 rings (SSSR count). The lowest BCUT2D eigenvalue weighted by Crippen LogP contribution is -2.48. The Morgan fingerprint density at radius 1 is 1.47 bits per heavy atom. The third kappa shape index (κ3) is 4.56. The first-order valence-corrected chi connectivity index (χ1v) is 8.18. The Morgan fingerprint density at radius 2 is 2.21 bits per heavy atom. The molecule has 1 atom stereocenters. The van der Waals surface area contributed by atoms with E-state index in [0.29, 0.717) is 6.04 Å². The van der Waals surface area contributed by atoms with Crippen LogP contribution in [0.25, 0.3) is 0 Å². The highest BCUT2D eigenvalue weighted by Gasteiger charge is 2.23. The van der Waals surface area contributed by atoms with Crippen LogP contribution in [0.15, 0.2) is 17.5 Å². The topological polar surface area (TPSA) is 18.5 Å². The fraction of sp³-hybridized carbons (Fsp3) is 0.733. The summed E-state index contributed by atoms with van der Waals surface area (Å²) in [5, 5.41) is 5.72. The zero-order valence-corrected chi connectivity index (χ0v) is 13.2. The van der Waals surface area contributed by atoms with Crippen molar-refractivity contribution in [3.05, 3.63) is 22.4 Å². The van der Waals surface area contributed by atoms with Gasteiger partial charge in [-0.05, 0) is 58.4 Å². The van der Waals surface area contributed by atoms with Crippen LogP contribution < -0.4 is 5.32 Å². The highest BCUT2D eigenvalue weighted by atomic mass is 32.1. The minimum Gasteiger partial charge on any atom is -0.310 e. The summed E-state index contributed by atoms with van der Waals surface area (Å²) < 4.78 is 0. The molecule has 3 nitrogen and oxygen atoms in total. The normalized spacial score (nSPS) is 20.0. The largest absolute Gasteiger partial charge is 0.310 e. The van der Waals surface area contributed by atoms with Crippen LogP contribution >= 0.6 is 11.3 Å². The quantitative estimate of drug-likeness (QED) is 0.863. The smallest absolute Gasteiger partial charge is 0.0300 e. The number of nitrogens with one attached hydrogen (secondary N) is 1. The highest BCUT2D eigenvalue weighted by molar-refractivity contribution is 7.09. The number of hydrogen-bond acceptors (Lipinski definition) is 4. The van der Waals surface area contributed by atoms with Gasteiger partial charge in [-0.3, -0.25) is 4.90 Å². The summed E-state index contributed by atoms with van der Waals surface area (Å²) in [6.45, 7) is 6.89. The molecule has 19 heavy (non-hydrogen) atoms. The lowest BCUT2D eigenvalue weighted by atomic mass is 10.0. The maximum atomic E-state index is 3.57. The van der Waals surface area contributed by atoms with Crippen LogP contribution in [-0.2, 0) is 6.54 Å². The van der Waals surface area contributed by atoms with Gasteiger partial charge in [-0.2, -0.15) is 0 Å². The van der Waals surface area contributed by atoms with Crippen LogP contribution in [-0.4, -0.2) is 55.6 Å². The Morgan fingerprint density at radius 3 is 2.84 bits per heavy atom. The first kappa shape index (κ1) is 15.0. The van der Waals surface area contributed by atoms with Gasteiger partial charge in [0.25, 0.3) is 0 Å². The minimum absolute atomic E-state index is 0.605. The Bertz CT molecular complexity index is 344. The number of piperidine rings is 1. The highest BCUT2D eigenvalue weighted by Crippen LogP contribution is 2.16. The number of likely N-dealkylation sites (N-methyl/N-ethyl adjacent to an activating group) is 1. The van der Waals surface area contributed by atoms with E-state index in [1.807, 2.05) is 11.3 Å². The first-order valence-electron chi connectivity index (χ1n) is 7.30. The molecule has 1 aromatic heterocycles. The van der Waals surface area contributed by atoms with Crippen molar-refractivity contribution in [2.75, 3.05) is 33.7 Å². The minimum atomic E-state index is 0.605. The molecule has 0 amide bonds. The van der Waals surface area contributed by atoms with E-state index >= 15 is 0 Å². The Labute approximate surface area is 121 Å². The number of hydrogen-bond donors (Lipinski definition) is 1. The average molecular weight is 281 g/mol. The van der Waals surface area contributed by atoms with Gasteiger partial charge in [-0.25, -0.2) is 0 Å². The lowest BCUT2D eigenvalue weighted by Gasteiger charge is -2.38. The van der Waals surface area contributed by atoms with Gasteiger partial charge in [0.05, 0.1) is 0 Å². The number of rotatable bonds is 6. The standard InChI is InChI=1S/C15H27N3S/c1-13(11-16-12-15-5-4-10-19-15)18(3)14-6-8-17(2)9-7-14/h4-5,10,13-14,16H,6-9,11-12H2,1-3H3. The lowest BCUT2D eigenvalue weighted by molar-refractivity contribution is 0.112. The summed E-state index contributed by atoms with van der Waals surface area (Å²) in [5.74, 6) is 0. The van der Waals surface area contributed by atoms with Gasteiger partial charge in [-0.15, -0.1) is 11.3 Å². The van der Waals surface area contributed by atoms with E-state index in [2.05, 4.69) is 53.6 Å². The molecule has 1 unspecified atom stereocenters. The van der Waals surface area contributed by atoms with Crippen LogP contribution in [0.3, 0.4) is 0 Å². The van der Waals surface area contributed by atoms with E-state index in [-0.39, 0.29) is 0 Å². The molecule has 0 spiro atoms. The fourth-order valence-electron chi connectivity index (χ4n) is 2.72. The van der Waals surface area contributed by atoms with Crippen molar-refractivity contribution >= 4 is 11.3 Å². The maximum absolute atomic E-state index is 3.57. The van der Waals surface area contributed by atoms with Crippen molar-refractivity contribution in [2.24, 2.45) is 0 Å². The van der Waals surface area contributed by atoms with Crippen molar-refractivity contribution in [1.29, 1.82) is 0 Å². The predicted octanol–water partition coefficient (Wildman–Crippen LogP) is 2.25. The number of likely N-dealkylation sites (tertiary alicyclic amines) is 1. The molecule has 0 aromatic carbocycles. The third-order valence-electron chi connectivity index (χ3n) is 4.28. The van der Waals surface area contributed by atoms with Gasteiger partial charge < -0.3 is 10.2 Å². The molecule has 1 fully saturated rings. The van der Waals surface area contributed by atoms with Crippen LogP contribution in [0.1, 0.15) is 24.6 Å². The maximum Gasteiger partial charge on any atom is 0.0300 e. The first-order chi connectivity index (χ1) is 9.16. The second kappa shape index (κ2) is 7.39. The molecule has 1 aromatic rings. The summed E-state index contributed by atoms with van der Waals surface area (Å²) in [5.41, 5.74) is 0. The molecule has 1 aliphatic rings. The van der Waals surface area contributed by atoms with Crippen molar-refractivity contribution in [1.82, 2.24) is 15.1 Å². The van der Waals surface area contributed by atoms with Crippen LogP contribution in [0.5, 0.6) is 0 Å². The zero-order chi connectivity index (χ0) is 13.7. The van der Waals surface area contributed by atoms with Crippen molar-refractivity contribution in [3.8, 4) is 0 Å². The van der Waals surface area contributed by atoms with Gasteiger partial charge in [0.15, 0.2) is 0 Å². The van der Waals surface area contributed by atoms with E-state index in [4.69, 9.17) is 0 Å². The Kier molecular flexibility index (Phi) is 5.82. The van der Waals surface area contributed by atoms with Gasteiger partial charge in [0.1, 0.15) is 0 Å². The molecule has 1 aliphatic heterocycles. The van der Waals surface area contributed by atoms with Crippen LogP contribution in [0.4, 0.5) is 0 Å². The molecular formula is C15H27N3S. The van der Waals surface area contributed by atoms with Crippen molar-refractivity contribution in [3.63, 3.8) is 0 Å². The predicted molar refractivity (Wildman–Crippen MR) is 83.8 cm³/mol. The van der Waals surface area contributed by atoms with Crippen LogP contribution in [0.2, 0.25) is 0 Å². The molecular weight excluding hydrogens is 254 g/mol. The second-order valence-corrected chi connectivity index (χ2v) is 6.79. The van der Waals surface area contributed by atoms with E-state index in [1.54, 1.807) is 0 Å². The molecule has 1 N–H and O–H groups in total. The van der Waals surface area contributed by atoms with Gasteiger partial charge in [0, 0.05) is 30.1 Å². The molecule has 2 heterocycles. The average Bonchev–Trinajstić information content (AvgIpc) is 2.92. The van der Waals surface area contributed by atoms with E-state index < -0.39 is 0 Å². The summed E-state index contributed by atoms with van der Waals surface area (Å²) in [4.78, 5) is 6.42. The molecule has 108 valence electrons. The molecule has 4 heteroatoms. The molecule has 0 saturated carbocycles. The second-order valence-electron chi connectivity index (χ2n) is 5.76. The van der Waals surface area contributed by atoms with E-state index in [0.717, 1.165) is 19.1 Å². The zero-order valence-electron chi connectivity index (χ0n) is 12.4. The SMILES string of the molecule is CC(CNCc1cccs1)N(C)C1CCN(C)CC1. The molecule has 1 saturated heterocycles. The van der Waals surface area contributed by atoms with Gasteiger partial charge in [-0.1, -0.05) is 6.07 Å². The van der Waals surface area contributed by atoms with E-state index in [9.17, 15) is 0 Å². The number of nitrogens with zero attached hydrogens (tertiary/aromatic N) is 2. The fourth-order valence-corrected chi connectivity index (χ4v) is 3.40. The van der Waals surface area contributed by atoms with Crippen molar-refractivity contribution < 1.29 is 0 Å². The van der Waals surface area contributed by atoms with Gasteiger partial charge >= 0.3 is 0 Å². The Balaban J connectivity index is 1.68. The summed E-state index contributed by atoms with van der Waals surface area (Å²) in [6.07, 6.45) is 2.62. The summed E-state index contributed by atoms with van der Waals surface area (Å²) in [6, 6.07) is 5.68. The number of thiophene rings is 1. The molecule has 0 radical (unpaired) electrons. The monoisotopic (exact) mass is 281 g/mol. The Hall–Kier alpha value is -0.420. The van der Waals surface area contributed by atoms with Crippen LogP contribution in [0, 0.1) is 0 Å².